The first kappa shape index (κ1) is 16.6. The molecule has 8 nitrogen and oxygen atoms in total. The van der Waals surface area contributed by atoms with Crippen molar-refractivity contribution < 1.29 is 9.53 Å². The predicted molar refractivity (Wildman–Crippen MR) is 97.9 cm³/mol. The molecule has 1 aromatic carbocycles. The molecular weight excluding hydrogens is 356 g/mol. The highest BCUT2D eigenvalue weighted by molar-refractivity contribution is 6.30. The van der Waals surface area contributed by atoms with Crippen LogP contribution in [0, 0.1) is 0 Å². The average Bonchev–Trinajstić information content (AvgIpc) is 3.12. The van der Waals surface area contributed by atoms with Gasteiger partial charge in [-0.05, 0) is 18.2 Å². The van der Waals surface area contributed by atoms with E-state index < -0.39 is 0 Å². The Kier molecular flexibility index (Phi) is 4.34. The van der Waals surface area contributed by atoms with Crippen LogP contribution in [0.2, 0.25) is 5.02 Å². The van der Waals surface area contributed by atoms with Gasteiger partial charge in [-0.3, -0.25) is 0 Å². The topological polar surface area (TPSA) is 76.4 Å². The van der Waals surface area contributed by atoms with Gasteiger partial charge in [0.2, 0.25) is 0 Å². The second-order valence-electron chi connectivity index (χ2n) is 5.91. The number of nitrogens with zero attached hydrogens (tertiary/aromatic N) is 6. The maximum Gasteiger partial charge on any atom is 0.409 e. The molecule has 1 aliphatic rings. The summed E-state index contributed by atoms with van der Waals surface area (Å²) >= 11 is 6.09. The van der Waals surface area contributed by atoms with E-state index in [-0.39, 0.29) is 6.09 Å². The van der Waals surface area contributed by atoms with Crippen molar-refractivity contribution in [3.8, 4) is 5.69 Å². The zero-order valence-corrected chi connectivity index (χ0v) is 14.9. The molecule has 0 atom stereocenters. The number of rotatable bonds is 2. The minimum atomic E-state index is -0.300. The van der Waals surface area contributed by atoms with Crippen molar-refractivity contribution >= 4 is 34.5 Å². The number of carbonyl (C=O) groups is 1. The number of aromatic nitrogens is 4. The third-order valence-corrected chi connectivity index (χ3v) is 4.64. The van der Waals surface area contributed by atoms with Gasteiger partial charge in [-0.15, -0.1) is 0 Å². The minimum absolute atomic E-state index is 0.300. The van der Waals surface area contributed by atoms with Gasteiger partial charge in [-0.2, -0.15) is 5.10 Å². The molecular formula is C17H17ClN6O2. The number of ether oxygens (including phenoxy) is 1. The van der Waals surface area contributed by atoms with Gasteiger partial charge in [0.05, 0.1) is 24.4 Å². The minimum Gasteiger partial charge on any atom is -0.453 e. The van der Waals surface area contributed by atoms with Gasteiger partial charge in [0.15, 0.2) is 5.65 Å². The Morgan fingerprint density at radius 1 is 1.19 bits per heavy atom. The zero-order chi connectivity index (χ0) is 18.1. The van der Waals surface area contributed by atoms with Crippen molar-refractivity contribution in [1.82, 2.24) is 24.6 Å². The van der Waals surface area contributed by atoms with Crippen LogP contribution in [-0.2, 0) is 4.74 Å². The summed E-state index contributed by atoms with van der Waals surface area (Å²) in [6, 6.07) is 7.46. The Morgan fingerprint density at radius 3 is 2.73 bits per heavy atom. The van der Waals surface area contributed by atoms with Crippen LogP contribution in [-0.4, -0.2) is 64.0 Å². The predicted octanol–water partition coefficient (Wildman–Crippen LogP) is 2.36. The Balaban J connectivity index is 1.65. The van der Waals surface area contributed by atoms with E-state index in [4.69, 9.17) is 16.3 Å². The van der Waals surface area contributed by atoms with Gasteiger partial charge < -0.3 is 14.5 Å². The molecule has 0 spiro atoms. The number of anilines is 1. The molecule has 26 heavy (non-hydrogen) atoms. The molecule has 1 fully saturated rings. The van der Waals surface area contributed by atoms with Crippen LogP contribution in [0.15, 0.2) is 36.8 Å². The number of methoxy groups -OCH3 is 1. The van der Waals surface area contributed by atoms with Crippen LogP contribution in [0.25, 0.3) is 16.7 Å². The van der Waals surface area contributed by atoms with E-state index in [2.05, 4.69) is 20.0 Å². The standard InChI is InChI=1S/C17H17ClN6O2/c1-26-17(25)23-7-5-22(6-8-23)15-14-10-21-24(16(14)20-11-19-15)13-4-2-3-12(18)9-13/h2-4,9-11H,5-8H2,1H3. The maximum atomic E-state index is 11.6. The quantitative estimate of drug-likeness (QED) is 0.687. The molecule has 0 N–H and O–H groups in total. The number of halogens is 1. The third-order valence-electron chi connectivity index (χ3n) is 4.41. The highest BCUT2D eigenvalue weighted by atomic mass is 35.5. The van der Waals surface area contributed by atoms with Crippen LogP contribution >= 0.6 is 11.6 Å². The highest BCUT2D eigenvalue weighted by Crippen LogP contribution is 2.26. The van der Waals surface area contributed by atoms with Crippen molar-refractivity contribution in [2.24, 2.45) is 0 Å². The van der Waals surface area contributed by atoms with E-state index >= 15 is 0 Å². The molecule has 1 aliphatic heterocycles. The molecule has 2 aromatic heterocycles. The molecule has 0 unspecified atom stereocenters. The van der Waals surface area contributed by atoms with E-state index in [0.717, 1.165) is 16.9 Å². The molecule has 3 heterocycles. The Labute approximate surface area is 154 Å². The molecule has 0 radical (unpaired) electrons. The van der Waals surface area contributed by atoms with E-state index in [9.17, 15) is 4.79 Å². The molecule has 1 saturated heterocycles. The molecule has 4 rings (SSSR count). The lowest BCUT2D eigenvalue weighted by Crippen LogP contribution is -2.49. The van der Waals surface area contributed by atoms with Crippen LogP contribution < -0.4 is 4.90 Å². The van der Waals surface area contributed by atoms with E-state index in [1.54, 1.807) is 15.8 Å². The fourth-order valence-corrected chi connectivity index (χ4v) is 3.30. The van der Waals surface area contributed by atoms with E-state index in [1.807, 2.05) is 24.3 Å². The molecule has 134 valence electrons. The van der Waals surface area contributed by atoms with Gasteiger partial charge in [-0.1, -0.05) is 17.7 Å². The Hall–Kier alpha value is -2.87. The fraction of sp³-hybridized carbons (Fsp3) is 0.294. The molecule has 0 bridgehead atoms. The second-order valence-corrected chi connectivity index (χ2v) is 6.35. The third kappa shape index (κ3) is 2.92. The van der Waals surface area contributed by atoms with Crippen molar-refractivity contribution in [1.29, 1.82) is 0 Å². The summed E-state index contributed by atoms with van der Waals surface area (Å²) in [6.07, 6.45) is 3.00. The number of hydrogen-bond acceptors (Lipinski definition) is 6. The van der Waals surface area contributed by atoms with Crippen LogP contribution in [0.4, 0.5) is 10.6 Å². The first-order valence-corrected chi connectivity index (χ1v) is 8.57. The lowest BCUT2D eigenvalue weighted by molar-refractivity contribution is 0.121. The summed E-state index contributed by atoms with van der Waals surface area (Å²) in [5.74, 6) is 0.813. The zero-order valence-electron chi connectivity index (χ0n) is 14.2. The SMILES string of the molecule is COC(=O)N1CCN(c2ncnc3c2cnn3-c2cccc(Cl)c2)CC1. The lowest BCUT2D eigenvalue weighted by atomic mass is 10.3. The van der Waals surface area contributed by atoms with Crippen molar-refractivity contribution in [2.45, 2.75) is 0 Å². The molecule has 0 aliphatic carbocycles. The number of carbonyl (C=O) groups excluding carboxylic acids is 1. The number of amides is 1. The Morgan fingerprint density at radius 2 is 2.00 bits per heavy atom. The first-order valence-electron chi connectivity index (χ1n) is 8.20. The number of piperazine rings is 1. The summed E-state index contributed by atoms with van der Waals surface area (Å²) in [4.78, 5) is 24.3. The molecule has 0 saturated carbocycles. The van der Waals surface area contributed by atoms with Gasteiger partial charge in [-0.25, -0.2) is 19.4 Å². The Bertz CT molecular complexity index is 951. The molecule has 3 aromatic rings. The molecule has 1 amide bonds. The normalized spacial score (nSPS) is 14.7. The van der Waals surface area contributed by atoms with Gasteiger partial charge in [0.1, 0.15) is 12.1 Å². The number of fused-ring (bicyclic) bond motifs is 1. The van der Waals surface area contributed by atoms with Gasteiger partial charge in [0.25, 0.3) is 0 Å². The van der Waals surface area contributed by atoms with Crippen LogP contribution in [0.3, 0.4) is 0 Å². The van der Waals surface area contributed by atoms with Crippen LogP contribution in [0.1, 0.15) is 0 Å². The summed E-state index contributed by atoms with van der Waals surface area (Å²) in [5.41, 5.74) is 1.56. The number of hydrogen-bond donors (Lipinski definition) is 0. The van der Waals surface area contributed by atoms with Crippen molar-refractivity contribution in [3.05, 3.63) is 41.8 Å². The summed E-state index contributed by atoms with van der Waals surface area (Å²) in [7, 11) is 1.40. The maximum absolute atomic E-state index is 11.6. The average molecular weight is 373 g/mol. The lowest BCUT2D eigenvalue weighted by Gasteiger charge is -2.34. The second kappa shape index (κ2) is 6.80. The smallest absolute Gasteiger partial charge is 0.409 e. The van der Waals surface area contributed by atoms with Gasteiger partial charge in [0, 0.05) is 31.2 Å². The first-order chi connectivity index (χ1) is 12.7. The monoisotopic (exact) mass is 372 g/mol. The van der Waals surface area contributed by atoms with E-state index in [1.165, 1.54) is 13.4 Å². The van der Waals surface area contributed by atoms with Crippen molar-refractivity contribution in [2.75, 3.05) is 38.2 Å². The summed E-state index contributed by atoms with van der Waals surface area (Å²) in [6.45, 7) is 2.51. The van der Waals surface area contributed by atoms with Crippen molar-refractivity contribution in [3.63, 3.8) is 0 Å². The summed E-state index contributed by atoms with van der Waals surface area (Å²) in [5, 5.41) is 5.96. The number of benzene rings is 1. The van der Waals surface area contributed by atoms with Crippen LogP contribution in [0.5, 0.6) is 0 Å². The van der Waals surface area contributed by atoms with Gasteiger partial charge >= 0.3 is 6.09 Å². The molecule has 9 heteroatoms. The highest BCUT2D eigenvalue weighted by Gasteiger charge is 2.24. The van der Waals surface area contributed by atoms with E-state index in [0.29, 0.717) is 36.8 Å². The fourth-order valence-electron chi connectivity index (χ4n) is 3.11. The summed E-state index contributed by atoms with van der Waals surface area (Å²) < 4.78 is 6.53. The largest absolute Gasteiger partial charge is 0.453 e.